The van der Waals surface area contributed by atoms with E-state index in [0.717, 1.165) is 36.9 Å². The summed E-state index contributed by atoms with van der Waals surface area (Å²) in [5.74, 6) is -0.701. The second kappa shape index (κ2) is 12.0. The van der Waals surface area contributed by atoms with Crippen LogP contribution in [-0.2, 0) is 9.53 Å². The van der Waals surface area contributed by atoms with Gasteiger partial charge in [0, 0.05) is 23.7 Å². The van der Waals surface area contributed by atoms with E-state index >= 15 is 0 Å². The predicted octanol–water partition coefficient (Wildman–Crippen LogP) is 4.56. The van der Waals surface area contributed by atoms with E-state index in [0.29, 0.717) is 11.7 Å². The van der Waals surface area contributed by atoms with Crippen molar-refractivity contribution in [2.24, 2.45) is 0 Å². The summed E-state index contributed by atoms with van der Waals surface area (Å²) in [4.78, 5) is 40.4. The minimum absolute atomic E-state index is 0.195. The molecule has 0 unspecified atom stereocenters. The van der Waals surface area contributed by atoms with Gasteiger partial charge in [-0.05, 0) is 18.6 Å². The molecule has 1 amide bonds. The minimum atomic E-state index is -0.660. The standard InChI is InChI=1S/C25H26N6O3S/c1-2-3-4-8-14-30(25-29-21(16-35-25)19-10-6-5-7-11-19)22(32)15-34-24(33)20-12-9-13-27-23(20)31-18-26-17-28-31/h5-7,9-13,16-18H,2-4,8,14-15H2,1H3. The van der Waals surface area contributed by atoms with Gasteiger partial charge in [0.05, 0.1) is 5.69 Å². The van der Waals surface area contributed by atoms with Crippen LogP contribution < -0.4 is 4.90 Å². The van der Waals surface area contributed by atoms with Crippen LogP contribution in [0.25, 0.3) is 17.1 Å². The number of unbranched alkanes of at least 4 members (excludes halogenated alkanes) is 3. The summed E-state index contributed by atoms with van der Waals surface area (Å²) in [6.07, 6.45) is 8.37. The lowest BCUT2D eigenvalue weighted by Crippen LogP contribution is -2.35. The average Bonchev–Trinajstić information content (AvgIpc) is 3.61. The zero-order valence-electron chi connectivity index (χ0n) is 19.4. The van der Waals surface area contributed by atoms with Gasteiger partial charge in [-0.25, -0.2) is 24.4 Å². The molecule has 9 nitrogen and oxygen atoms in total. The number of carbonyl (C=O) groups is 2. The third-order valence-corrected chi connectivity index (χ3v) is 6.16. The summed E-state index contributed by atoms with van der Waals surface area (Å²) >= 11 is 1.40. The Balaban J connectivity index is 1.47. The molecule has 0 saturated carbocycles. The molecule has 3 aromatic heterocycles. The van der Waals surface area contributed by atoms with Gasteiger partial charge in [-0.1, -0.05) is 56.5 Å². The van der Waals surface area contributed by atoms with E-state index in [1.807, 2.05) is 35.7 Å². The number of aromatic nitrogens is 5. The van der Waals surface area contributed by atoms with Gasteiger partial charge < -0.3 is 4.74 Å². The van der Waals surface area contributed by atoms with E-state index in [1.165, 1.54) is 28.7 Å². The first-order chi connectivity index (χ1) is 17.2. The second-order valence-electron chi connectivity index (χ2n) is 7.78. The fourth-order valence-electron chi connectivity index (χ4n) is 3.49. The third-order valence-electron chi connectivity index (χ3n) is 5.30. The molecular formula is C25H26N6O3S. The zero-order chi connectivity index (χ0) is 24.5. The number of ether oxygens (including phenoxy) is 1. The van der Waals surface area contributed by atoms with Gasteiger partial charge in [-0.15, -0.1) is 11.3 Å². The monoisotopic (exact) mass is 490 g/mol. The van der Waals surface area contributed by atoms with Crippen molar-refractivity contribution in [1.82, 2.24) is 24.7 Å². The Morgan fingerprint density at radius 3 is 2.71 bits per heavy atom. The van der Waals surface area contributed by atoms with Crippen LogP contribution >= 0.6 is 11.3 Å². The molecule has 3 heterocycles. The average molecular weight is 491 g/mol. The van der Waals surface area contributed by atoms with Gasteiger partial charge in [0.2, 0.25) is 0 Å². The Morgan fingerprint density at radius 1 is 1.09 bits per heavy atom. The smallest absolute Gasteiger partial charge is 0.342 e. The van der Waals surface area contributed by atoms with E-state index < -0.39 is 12.6 Å². The van der Waals surface area contributed by atoms with Crippen molar-refractivity contribution in [3.63, 3.8) is 0 Å². The number of anilines is 1. The summed E-state index contributed by atoms with van der Waals surface area (Å²) in [5, 5.41) is 6.54. The van der Waals surface area contributed by atoms with Crippen LogP contribution in [0.3, 0.4) is 0 Å². The van der Waals surface area contributed by atoms with Crippen molar-refractivity contribution in [2.75, 3.05) is 18.1 Å². The molecule has 0 spiro atoms. The summed E-state index contributed by atoms with van der Waals surface area (Å²) in [5.41, 5.74) is 1.99. The lowest BCUT2D eigenvalue weighted by molar-refractivity contribution is -0.121. The Labute approximate surface area is 207 Å². The van der Waals surface area contributed by atoms with Gasteiger partial charge in [0.25, 0.3) is 5.91 Å². The van der Waals surface area contributed by atoms with Crippen LogP contribution in [0.15, 0.2) is 66.7 Å². The van der Waals surface area contributed by atoms with Crippen LogP contribution in [0.2, 0.25) is 0 Å². The van der Waals surface area contributed by atoms with Gasteiger partial charge in [0.15, 0.2) is 17.6 Å². The number of hydrogen-bond donors (Lipinski definition) is 0. The molecular weight excluding hydrogens is 464 g/mol. The fourth-order valence-corrected chi connectivity index (χ4v) is 4.37. The third kappa shape index (κ3) is 6.15. The Morgan fingerprint density at radius 2 is 1.94 bits per heavy atom. The molecule has 0 aliphatic rings. The number of pyridine rings is 1. The SMILES string of the molecule is CCCCCCN(C(=O)COC(=O)c1cccnc1-n1cncn1)c1nc(-c2ccccc2)cs1. The molecule has 1 aromatic carbocycles. The molecule has 0 radical (unpaired) electrons. The van der Waals surface area contributed by atoms with Crippen molar-refractivity contribution in [2.45, 2.75) is 32.6 Å². The number of benzene rings is 1. The Bertz CT molecular complexity index is 1240. The highest BCUT2D eigenvalue weighted by molar-refractivity contribution is 7.14. The first-order valence-corrected chi connectivity index (χ1v) is 12.3. The van der Waals surface area contributed by atoms with Crippen LogP contribution in [0, 0.1) is 0 Å². The quantitative estimate of drug-likeness (QED) is 0.224. The lowest BCUT2D eigenvalue weighted by Gasteiger charge is -2.20. The van der Waals surface area contributed by atoms with E-state index in [4.69, 9.17) is 4.74 Å². The number of carbonyl (C=O) groups excluding carboxylic acids is 2. The van der Waals surface area contributed by atoms with Crippen LogP contribution in [0.4, 0.5) is 5.13 Å². The molecule has 0 bridgehead atoms. The lowest BCUT2D eigenvalue weighted by atomic mass is 10.2. The summed E-state index contributed by atoms with van der Waals surface area (Å²) in [7, 11) is 0. The molecule has 4 rings (SSSR count). The second-order valence-corrected chi connectivity index (χ2v) is 8.61. The largest absolute Gasteiger partial charge is 0.452 e. The molecule has 10 heteroatoms. The Kier molecular flexibility index (Phi) is 8.29. The van der Waals surface area contributed by atoms with E-state index in [9.17, 15) is 9.59 Å². The fraction of sp³-hybridized carbons (Fsp3) is 0.280. The normalized spacial score (nSPS) is 10.8. The van der Waals surface area contributed by atoms with E-state index in [2.05, 4.69) is 27.0 Å². The van der Waals surface area contributed by atoms with Crippen LogP contribution in [0.5, 0.6) is 0 Å². The summed E-state index contributed by atoms with van der Waals surface area (Å²) in [6.45, 7) is 2.25. The first kappa shape index (κ1) is 24.2. The van der Waals surface area contributed by atoms with Crippen LogP contribution in [0.1, 0.15) is 43.0 Å². The van der Waals surface area contributed by atoms with E-state index in [1.54, 1.807) is 23.2 Å². The first-order valence-electron chi connectivity index (χ1n) is 11.5. The number of hydrogen-bond acceptors (Lipinski definition) is 8. The molecule has 0 aliphatic heterocycles. The molecule has 0 saturated heterocycles. The van der Waals surface area contributed by atoms with Crippen molar-refractivity contribution in [3.8, 4) is 17.1 Å². The highest BCUT2D eigenvalue weighted by Gasteiger charge is 2.23. The molecule has 180 valence electrons. The van der Waals surface area contributed by atoms with Gasteiger partial charge in [-0.2, -0.15) is 5.10 Å². The topological polar surface area (TPSA) is 103 Å². The molecule has 4 aromatic rings. The highest BCUT2D eigenvalue weighted by atomic mass is 32.1. The van der Waals surface area contributed by atoms with E-state index in [-0.39, 0.29) is 17.3 Å². The van der Waals surface area contributed by atoms with Crippen molar-refractivity contribution < 1.29 is 14.3 Å². The number of amides is 1. The molecule has 0 fully saturated rings. The number of esters is 1. The number of thiazole rings is 1. The molecule has 0 N–H and O–H groups in total. The van der Waals surface area contributed by atoms with Gasteiger partial charge in [0.1, 0.15) is 18.2 Å². The van der Waals surface area contributed by atoms with Crippen molar-refractivity contribution >= 4 is 28.3 Å². The molecule has 0 aliphatic carbocycles. The summed E-state index contributed by atoms with van der Waals surface area (Å²) in [6, 6.07) is 13.0. The maximum atomic E-state index is 13.2. The number of rotatable bonds is 11. The zero-order valence-corrected chi connectivity index (χ0v) is 20.2. The summed E-state index contributed by atoms with van der Waals surface area (Å²) < 4.78 is 6.77. The van der Waals surface area contributed by atoms with Gasteiger partial charge >= 0.3 is 5.97 Å². The predicted molar refractivity (Wildman–Crippen MR) is 133 cm³/mol. The highest BCUT2D eigenvalue weighted by Crippen LogP contribution is 2.28. The minimum Gasteiger partial charge on any atom is -0.452 e. The molecule has 0 atom stereocenters. The van der Waals surface area contributed by atoms with Crippen molar-refractivity contribution in [3.05, 3.63) is 72.3 Å². The van der Waals surface area contributed by atoms with Crippen molar-refractivity contribution in [1.29, 1.82) is 0 Å². The van der Waals surface area contributed by atoms with Crippen LogP contribution in [-0.4, -0.2) is 49.8 Å². The maximum Gasteiger partial charge on any atom is 0.342 e. The number of nitrogens with zero attached hydrogens (tertiary/aromatic N) is 6. The molecule has 35 heavy (non-hydrogen) atoms. The van der Waals surface area contributed by atoms with Gasteiger partial charge in [-0.3, -0.25) is 9.69 Å². The Hall–Kier alpha value is -3.92. The maximum absolute atomic E-state index is 13.2.